The van der Waals surface area contributed by atoms with Crippen LogP contribution in [0.25, 0.3) is 11.0 Å². The van der Waals surface area contributed by atoms with Crippen LogP contribution in [0.4, 0.5) is 0 Å². The number of amides is 1. The van der Waals surface area contributed by atoms with Gasteiger partial charge in [0, 0.05) is 13.0 Å². The van der Waals surface area contributed by atoms with E-state index in [0.29, 0.717) is 25.5 Å². The Morgan fingerprint density at radius 3 is 3.15 bits per heavy atom. The van der Waals surface area contributed by atoms with E-state index in [2.05, 4.69) is 25.5 Å². The quantitative estimate of drug-likeness (QED) is 0.561. The van der Waals surface area contributed by atoms with Gasteiger partial charge in [0.05, 0.1) is 30.6 Å². The fraction of sp³-hybridized carbons (Fsp3) is 0.412. The van der Waals surface area contributed by atoms with Crippen LogP contribution in [-0.4, -0.2) is 43.8 Å². The van der Waals surface area contributed by atoms with Crippen LogP contribution in [0, 0.1) is 0 Å². The third-order valence-corrected chi connectivity index (χ3v) is 4.43. The number of nitrogens with zero attached hydrogens (tertiary/aromatic N) is 3. The molecule has 0 aliphatic carbocycles. The van der Waals surface area contributed by atoms with Crippen molar-refractivity contribution >= 4 is 16.9 Å². The van der Waals surface area contributed by atoms with Crippen molar-refractivity contribution in [1.29, 1.82) is 0 Å². The molecule has 0 saturated heterocycles. The lowest BCUT2D eigenvalue weighted by Gasteiger charge is -2.22. The number of hydrogen-bond donors (Lipinski definition) is 3. The van der Waals surface area contributed by atoms with E-state index >= 15 is 0 Å². The maximum Gasteiger partial charge on any atom is 0.343 e. The van der Waals surface area contributed by atoms with Crippen LogP contribution < -0.4 is 11.0 Å². The highest BCUT2D eigenvalue weighted by molar-refractivity contribution is 5.76. The number of imidazole rings is 1. The smallest absolute Gasteiger partial charge is 0.343 e. The van der Waals surface area contributed by atoms with Gasteiger partial charge < -0.3 is 15.0 Å². The zero-order chi connectivity index (χ0) is 17.9. The number of nitrogens with one attached hydrogen (secondary N) is 3. The van der Waals surface area contributed by atoms with E-state index in [1.54, 1.807) is 0 Å². The summed E-state index contributed by atoms with van der Waals surface area (Å²) in [6.07, 6.45) is 1.20. The van der Waals surface area contributed by atoms with Crippen molar-refractivity contribution in [2.75, 3.05) is 13.2 Å². The van der Waals surface area contributed by atoms with Crippen molar-refractivity contribution < 1.29 is 9.53 Å². The Morgan fingerprint density at radius 2 is 2.27 bits per heavy atom. The van der Waals surface area contributed by atoms with Crippen LogP contribution in [0.15, 0.2) is 29.1 Å². The van der Waals surface area contributed by atoms with Gasteiger partial charge in [-0.15, -0.1) is 0 Å². The summed E-state index contributed by atoms with van der Waals surface area (Å²) in [6.45, 7) is 1.41. The fourth-order valence-electron chi connectivity index (χ4n) is 3.15. The lowest BCUT2D eigenvalue weighted by molar-refractivity contribution is -0.125. The minimum atomic E-state index is -0.488. The summed E-state index contributed by atoms with van der Waals surface area (Å²) in [4.78, 5) is 31.5. The largest absolute Gasteiger partial charge is 0.368 e. The number of benzene rings is 1. The summed E-state index contributed by atoms with van der Waals surface area (Å²) in [7, 11) is 0. The maximum atomic E-state index is 12.1. The average Bonchev–Trinajstić information content (AvgIpc) is 3.23. The first kappa shape index (κ1) is 16.5. The van der Waals surface area contributed by atoms with Gasteiger partial charge in [0.25, 0.3) is 0 Å². The van der Waals surface area contributed by atoms with Crippen LogP contribution in [0.1, 0.15) is 30.6 Å². The number of hydrogen-bond acceptors (Lipinski definition) is 5. The molecule has 4 rings (SSSR count). The molecular weight excluding hydrogens is 336 g/mol. The first-order chi connectivity index (χ1) is 12.7. The van der Waals surface area contributed by atoms with Gasteiger partial charge in [0.15, 0.2) is 5.82 Å². The number of aromatic nitrogens is 5. The van der Waals surface area contributed by atoms with Gasteiger partial charge in [-0.05, 0) is 18.6 Å². The van der Waals surface area contributed by atoms with E-state index in [4.69, 9.17) is 4.74 Å². The summed E-state index contributed by atoms with van der Waals surface area (Å²) in [5, 5.41) is 9.24. The number of ether oxygens (including phenoxy) is 1. The Bertz CT molecular complexity index is 939. The van der Waals surface area contributed by atoms with E-state index < -0.39 is 6.10 Å². The lowest BCUT2D eigenvalue weighted by Crippen LogP contribution is -2.32. The molecule has 1 aliphatic rings. The summed E-state index contributed by atoms with van der Waals surface area (Å²) in [6, 6.07) is 7.89. The molecule has 26 heavy (non-hydrogen) atoms. The zero-order valence-electron chi connectivity index (χ0n) is 14.2. The second-order valence-corrected chi connectivity index (χ2v) is 6.26. The molecule has 1 unspecified atom stereocenters. The molecule has 2 aromatic heterocycles. The third kappa shape index (κ3) is 3.38. The molecule has 1 atom stereocenters. The molecule has 1 aliphatic heterocycles. The molecule has 0 spiro atoms. The number of H-pyrrole nitrogens is 2. The van der Waals surface area contributed by atoms with E-state index in [1.165, 1.54) is 4.57 Å². The monoisotopic (exact) mass is 356 g/mol. The molecule has 0 fully saturated rings. The van der Waals surface area contributed by atoms with Gasteiger partial charge in [-0.2, -0.15) is 5.10 Å². The first-order valence-corrected chi connectivity index (χ1v) is 8.68. The molecule has 9 nitrogen and oxygen atoms in total. The van der Waals surface area contributed by atoms with E-state index in [9.17, 15) is 9.59 Å². The Hall–Kier alpha value is -2.94. The number of rotatable bonds is 6. The Morgan fingerprint density at radius 1 is 1.38 bits per heavy atom. The summed E-state index contributed by atoms with van der Waals surface area (Å²) in [5.41, 5.74) is 1.71. The highest BCUT2D eigenvalue weighted by Crippen LogP contribution is 2.21. The molecule has 0 saturated carbocycles. The second-order valence-electron chi connectivity index (χ2n) is 6.26. The van der Waals surface area contributed by atoms with Crippen LogP contribution in [0.3, 0.4) is 0 Å². The van der Waals surface area contributed by atoms with E-state index in [-0.39, 0.29) is 18.0 Å². The van der Waals surface area contributed by atoms with Gasteiger partial charge in [-0.3, -0.25) is 9.36 Å². The molecule has 1 amide bonds. The number of fused-ring (bicyclic) bond motifs is 2. The van der Waals surface area contributed by atoms with Crippen LogP contribution in [0.2, 0.25) is 0 Å². The molecule has 3 N–H and O–H groups in total. The van der Waals surface area contributed by atoms with Gasteiger partial charge in [-0.1, -0.05) is 12.1 Å². The molecule has 0 bridgehead atoms. The number of aromatic amines is 2. The molecule has 1 aromatic carbocycles. The highest BCUT2D eigenvalue weighted by Gasteiger charge is 2.26. The number of para-hydroxylation sites is 2. The van der Waals surface area contributed by atoms with Crippen molar-refractivity contribution in [1.82, 2.24) is 30.0 Å². The first-order valence-electron chi connectivity index (χ1n) is 8.68. The number of aryl methyl sites for hydroxylation is 1. The molecule has 3 heterocycles. The topological polar surface area (TPSA) is 118 Å². The molecule has 136 valence electrons. The second kappa shape index (κ2) is 7.12. The van der Waals surface area contributed by atoms with Crippen molar-refractivity contribution in [3.63, 3.8) is 0 Å². The van der Waals surface area contributed by atoms with E-state index in [1.807, 2.05) is 24.3 Å². The standard InChI is InChI=1S/C17H20N6O3/c24-15(10-13-16-21-22-17(25)23(16)8-9-26-13)18-7-3-6-14-19-11-4-1-2-5-12(11)20-14/h1-2,4-5,13H,3,6-10H2,(H,18,24)(H,19,20)(H,22,25). The van der Waals surface area contributed by atoms with Crippen LogP contribution >= 0.6 is 0 Å². The predicted octanol–water partition coefficient (Wildman–Crippen LogP) is 0.658. The fourth-order valence-corrected chi connectivity index (χ4v) is 3.15. The van der Waals surface area contributed by atoms with E-state index in [0.717, 1.165) is 29.7 Å². The normalized spacial score (nSPS) is 16.5. The number of carbonyl (C=O) groups is 1. The van der Waals surface area contributed by atoms with Crippen LogP contribution in [-0.2, 0) is 22.5 Å². The van der Waals surface area contributed by atoms with Gasteiger partial charge in [-0.25, -0.2) is 14.9 Å². The van der Waals surface area contributed by atoms with Crippen molar-refractivity contribution in [2.45, 2.75) is 31.9 Å². The van der Waals surface area contributed by atoms with Crippen LogP contribution in [0.5, 0.6) is 0 Å². The summed E-state index contributed by atoms with van der Waals surface area (Å²) in [5.74, 6) is 1.28. The molecular formula is C17H20N6O3. The Balaban J connectivity index is 1.25. The lowest BCUT2D eigenvalue weighted by atomic mass is 10.2. The van der Waals surface area contributed by atoms with Crippen molar-refractivity contribution in [3.8, 4) is 0 Å². The molecule has 0 radical (unpaired) electrons. The predicted molar refractivity (Wildman–Crippen MR) is 93.6 cm³/mol. The SMILES string of the molecule is O=C(CC1OCCn2c1n[nH]c2=O)NCCCc1nc2ccccc2[nH]1. The third-order valence-electron chi connectivity index (χ3n) is 4.43. The van der Waals surface area contributed by atoms with Gasteiger partial charge in [0.2, 0.25) is 5.91 Å². The van der Waals surface area contributed by atoms with Crippen molar-refractivity contribution in [2.24, 2.45) is 0 Å². The average molecular weight is 356 g/mol. The van der Waals surface area contributed by atoms with Crippen molar-refractivity contribution in [3.05, 3.63) is 46.4 Å². The molecule has 3 aromatic rings. The molecule has 9 heteroatoms. The van der Waals surface area contributed by atoms with Gasteiger partial charge in [0.1, 0.15) is 11.9 Å². The minimum absolute atomic E-state index is 0.122. The summed E-state index contributed by atoms with van der Waals surface area (Å²) < 4.78 is 7.10. The Labute approximate surface area is 148 Å². The minimum Gasteiger partial charge on any atom is -0.368 e. The number of carbonyl (C=O) groups excluding carboxylic acids is 1. The summed E-state index contributed by atoms with van der Waals surface area (Å²) >= 11 is 0. The van der Waals surface area contributed by atoms with Gasteiger partial charge >= 0.3 is 5.69 Å². The maximum absolute atomic E-state index is 12.1. The highest BCUT2D eigenvalue weighted by atomic mass is 16.5. The Kier molecular flexibility index (Phi) is 4.53. The zero-order valence-corrected chi connectivity index (χ0v) is 14.2.